The van der Waals surface area contributed by atoms with Crippen LogP contribution in [-0.4, -0.2) is 23.6 Å². The van der Waals surface area contributed by atoms with E-state index in [1.807, 2.05) is 12.3 Å². The van der Waals surface area contributed by atoms with E-state index in [4.69, 9.17) is 5.73 Å². The summed E-state index contributed by atoms with van der Waals surface area (Å²) in [5.41, 5.74) is 6.21. The lowest BCUT2D eigenvalue weighted by atomic mass is 10.4. The number of hydrogen-bond acceptors (Lipinski definition) is 5. The normalized spacial score (nSPS) is 15.5. The molecular formula is C9H15N3O2S3. The molecule has 0 fully saturated rings. The minimum absolute atomic E-state index is 0.0416. The number of thiocarbonyl (C=S) groups is 1. The van der Waals surface area contributed by atoms with Crippen LogP contribution in [0.4, 0.5) is 0 Å². The van der Waals surface area contributed by atoms with Crippen molar-refractivity contribution in [2.24, 2.45) is 5.73 Å². The fraction of sp³-hybridized carbons (Fsp3) is 0.556. The molecule has 5 nitrogen and oxygen atoms in total. The third-order valence-corrected chi connectivity index (χ3v) is 5.73. The molecule has 0 aromatic carbocycles. The van der Waals surface area contributed by atoms with Crippen LogP contribution in [0.25, 0.3) is 0 Å². The lowest BCUT2D eigenvalue weighted by Crippen LogP contribution is -2.40. The molecule has 0 amide bonds. The van der Waals surface area contributed by atoms with E-state index in [1.54, 1.807) is 6.92 Å². The lowest BCUT2D eigenvalue weighted by molar-refractivity contribution is 0.563. The fourth-order valence-corrected chi connectivity index (χ4v) is 3.50. The summed E-state index contributed by atoms with van der Waals surface area (Å²) in [6.07, 6.45) is 0. The molecule has 0 bridgehead atoms. The zero-order valence-electron chi connectivity index (χ0n) is 9.80. The van der Waals surface area contributed by atoms with Crippen LogP contribution < -0.4 is 10.5 Å². The van der Waals surface area contributed by atoms with Gasteiger partial charge in [-0.25, -0.2) is 18.1 Å². The average Bonchev–Trinajstić information content (AvgIpc) is 2.63. The summed E-state index contributed by atoms with van der Waals surface area (Å²) < 4.78 is 26.2. The topological polar surface area (TPSA) is 85.1 Å². The Bertz CT molecular complexity index is 509. The summed E-state index contributed by atoms with van der Waals surface area (Å²) in [5, 5.41) is 1.71. The quantitative estimate of drug-likeness (QED) is 0.794. The number of aromatic nitrogens is 1. The Kier molecular flexibility index (Phi) is 4.59. The molecule has 2 unspecified atom stereocenters. The fourth-order valence-electron chi connectivity index (χ4n) is 1.12. The van der Waals surface area contributed by atoms with Crippen molar-refractivity contribution in [1.29, 1.82) is 0 Å². The summed E-state index contributed by atoms with van der Waals surface area (Å²) in [4.78, 5) is 4.18. The van der Waals surface area contributed by atoms with E-state index in [1.165, 1.54) is 18.3 Å². The maximum atomic E-state index is 11.9. The zero-order chi connectivity index (χ0) is 13.2. The van der Waals surface area contributed by atoms with Gasteiger partial charge in [-0.1, -0.05) is 12.2 Å². The molecule has 0 saturated carbocycles. The highest BCUT2D eigenvalue weighted by atomic mass is 32.2. The van der Waals surface area contributed by atoms with Gasteiger partial charge in [-0.05, 0) is 20.8 Å². The van der Waals surface area contributed by atoms with Crippen LogP contribution in [0.15, 0.2) is 5.38 Å². The van der Waals surface area contributed by atoms with Crippen LogP contribution >= 0.6 is 23.6 Å². The van der Waals surface area contributed by atoms with E-state index in [0.29, 0.717) is 0 Å². The van der Waals surface area contributed by atoms with E-state index in [2.05, 4.69) is 21.9 Å². The Morgan fingerprint density at radius 2 is 2.18 bits per heavy atom. The lowest BCUT2D eigenvalue weighted by Gasteiger charge is -2.16. The molecule has 0 spiro atoms. The second-order valence-corrected chi connectivity index (χ2v) is 7.15. The van der Waals surface area contributed by atoms with Gasteiger partial charge in [0.15, 0.2) is 0 Å². The van der Waals surface area contributed by atoms with Crippen molar-refractivity contribution in [3.63, 3.8) is 0 Å². The van der Waals surface area contributed by atoms with Gasteiger partial charge >= 0.3 is 0 Å². The summed E-state index contributed by atoms with van der Waals surface area (Å²) in [6.45, 7) is 5.06. The number of nitrogens with one attached hydrogen (secondary N) is 1. The molecule has 0 aliphatic carbocycles. The van der Waals surface area contributed by atoms with Gasteiger partial charge in [-0.2, -0.15) is 0 Å². The van der Waals surface area contributed by atoms with E-state index in [-0.39, 0.29) is 11.0 Å². The smallest absolute Gasteiger partial charge is 0.221 e. The van der Waals surface area contributed by atoms with Gasteiger partial charge in [0.25, 0.3) is 0 Å². The molecule has 96 valence electrons. The summed E-state index contributed by atoms with van der Waals surface area (Å²) in [5.74, 6) is 0. The first-order valence-corrected chi connectivity index (χ1v) is 7.80. The molecule has 1 heterocycles. The van der Waals surface area contributed by atoms with Crippen LogP contribution in [-0.2, 0) is 10.0 Å². The highest BCUT2D eigenvalue weighted by Crippen LogP contribution is 2.19. The molecule has 3 N–H and O–H groups in total. The van der Waals surface area contributed by atoms with Crippen molar-refractivity contribution in [2.45, 2.75) is 32.1 Å². The van der Waals surface area contributed by atoms with Gasteiger partial charge in [-0.3, -0.25) is 0 Å². The third-order valence-electron chi connectivity index (χ3n) is 2.21. The minimum Gasteiger partial charge on any atom is -0.392 e. The molecule has 0 saturated heterocycles. The Hall–Kier alpha value is -0.570. The minimum atomic E-state index is -3.55. The van der Waals surface area contributed by atoms with Crippen molar-refractivity contribution < 1.29 is 8.42 Å². The molecule has 0 radical (unpaired) electrons. The monoisotopic (exact) mass is 293 g/mol. The predicted octanol–water partition coefficient (Wildman–Crippen LogP) is 1.11. The Labute approximate surface area is 110 Å². The number of nitrogens with two attached hydrogens (primary N) is 1. The van der Waals surface area contributed by atoms with Crippen molar-refractivity contribution in [3.05, 3.63) is 16.1 Å². The van der Waals surface area contributed by atoms with E-state index < -0.39 is 15.3 Å². The molecule has 0 aliphatic heterocycles. The van der Waals surface area contributed by atoms with Crippen molar-refractivity contribution in [2.75, 3.05) is 0 Å². The number of thiazole rings is 1. The summed E-state index contributed by atoms with van der Waals surface area (Å²) >= 11 is 6.10. The maximum Gasteiger partial charge on any atom is 0.221 e. The number of hydrogen-bond donors (Lipinski definition) is 2. The molecule has 8 heteroatoms. The van der Waals surface area contributed by atoms with Crippen LogP contribution in [0.1, 0.15) is 30.6 Å². The largest absolute Gasteiger partial charge is 0.392 e. The zero-order valence-corrected chi connectivity index (χ0v) is 12.2. The average molecular weight is 293 g/mol. The number of nitrogens with zero attached hydrogens (tertiary/aromatic N) is 1. The number of sulfonamides is 1. The van der Waals surface area contributed by atoms with Crippen molar-refractivity contribution >= 4 is 38.6 Å². The van der Waals surface area contributed by atoms with Gasteiger partial charge in [0.05, 0.1) is 11.0 Å². The number of aryl methyl sites for hydroxylation is 1. The maximum absolute atomic E-state index is 11.9. The molecule has 1 rings (SSSR count). The van der Waals surface area contributed by atoms with Gasteiger partial charge in [0.1, 0.15) is 10.3 Å². The van der Waals surface area contributed by atoms with Gasteiger partial charge in [0, 0.05) is 11.1 Å². The van der Waals surface area contributed by atoms with Crippen LogP contribution in [0, 0.1) is 6.92 Å². The number of rotatable bonds is 5. The van der Waals surface area contributed by atoms with Crippen LogP contribution in [0.3, 0.4) is 0 Å². The Morgan fingerprint density at radius 1 is 1.59 bits per heavy atom. The van der Waals surface area contributed by atoms with Gasteiger partial charge < -0.3 is 5.73 Å². The van der Waals surface area contributed by atoms with E-state index in [0.717, 1.165) is 10.7 Å². The van der Waals surface area contributed by atoms with Gasteiger partial charge in [0.2, 0.25) is 10.0 Å². The second-order valence-electron chi connectivity index (χ2n) is 3.76. The first-order chi connectivity index (χ1) is 7.74. The van der Waals surface area contributed by atoms with E-state index >= 15 is 0 Å². The molecule has 1 aromatic heterocycles. The second kappa shape index (κ2) is 5.38. The Balaban J connectivity index is 2.81. The molecule has 0 aliphatic rings. The molecular weight excluding hydrogens is 278 g/mol. The molecule has 2 atom stereocenters. The third kappa shape index (κ3) is 3.70. The summed E-state index contributed by atoms with van der Waals surface area (Å²) in [6, 6.07) is -0.379. The van der Waals surface area contributed by atoms with Crippen LogP contribution in [0.5, 0.6) is 0 Å². The van der Waals surface area contributed by atoms with Gasteiger partial charge in [-0.15, -0.1) is 11.3 Å². The highest BCUT2D eigenvalue weighted by molar-refractivity contribution is 7.93. The summed E-state index contributed by atoms with van der Waals surface area (Å²) in [7, 11) is -3.55. The van der Waals surface area contributed by atoms with Crippen molar-refractivity contribution in [1.82, 2.24) is 9.71 Å². The first-order valence-electron chi connectivity index (χ1n) is 4.96. The van der Waals surface area contributed by atoms with E-state index in [9.17, 15) is 8.42 Å². The predicted molar refractivity (Wildman–Crippen MR) is 73.6 cm³/mol. The highest BCUT2D eigenvalue weighted by Gasteiger charge is 2.26. The Morgan fingerprint density at radius 3 is 2.59 bits per heavy atom. The van der Waals surface area contributed by atoms with Crippen molar-refractivity contribution in [3.8, 4) is 0 Å². The molecule has 1 aromatic rings. The first kappa shape index (κ1) is 14.5. The SMILES string of the molecule is Cc1csc(C(C)NS(=O)(=O)C(C)C(N)=S)n1. The standard InChI is InChI=1S/C9H15N3O2S3/c1-5-4-16-9(11-5)6(2)12-17(13,14)7(3)8(10)15/h4,6-7,12H,1-3H3,(H2,10,15). The van der Waals surface area contributed by atoms with Crippen LogP contribution in [0.2, 0.25) is 0 Å². The molecule has 17 heavy (non-hydrogen) atoms.